The van der Waals surface area contributed by atoms with Gasteiger partial charge in [0.2, 0.25) is 0 Å². The summed E-state index contributed by atoms with van der Waals surface area (Å²) in [6.45, 7) is 0.207. The first kappa shape index (κ1) is 18.3. The van der Waals surface area contributed by atoms with Crippen LogP contribution >= 0.6 is 11.6 Å². The summed E-state index contributed by atoms with van der Waals surface area (Å²) in [5.41, 5.74) is 0.184. The van der Waals surface area contributed by atoms with Crippen molar-refractivity contribution in [1.82, 2.24) is 4.98 Å². The standard InChI is InChI=1S/C22H17ClN2O3/c23-18-9-3-1-6-16(18)14-25-19-10-4-2-8-17(19)22(28,21(25)27)12-20(26)15-7-5-11-24-13-15/h1-11,13,28H,12,14H2/t22-/m1/s1. The molecule has 0 bridgehead atoms. The van der Waals surface area contributed by atoms with E-state index in [1.807, 2.05) is 18.2 Å². The molecule has 0 spiro atoms. The first-order valence-corrected chi connectivity index (χ1v) is 9.19. The summed E-state index contributed by atoms with van der Waals surface area (Å²) in [5, 5.41) is 11.8. The maximum atomic E-state index is 13.2. The van der Waals surface area contributed by atoms with E-state index in [0.717, 1.165) is 5.56 Å². The number of hydrogen-bond donors (Lipinski definition) is 1. The van der Waals surface area contributed by atoms with E-state index in [9.17, 15) is 14.7 Å². The Kier molecular flexibility index (Phi) is 4.71. The number of halogens is 1. The van der Waals surface area contributed by atoms with Gasteiger partial charge >= 0.3 is 0 Å². The number of Topliss-reactive ketones (excluding diaryl/α,β-unsaturated/α-hetero) is 1. The molecule has 4 rings (SSSR count). The van der Waals surface area contributed by atoms with Crippen LogP contribution in [0.1, 0.15) is 27.9 Å². The summed E-state index contributed by atoms with van der Waals surface area (Å²) >= 11 is 6.25. The Bertz CT molecular complexity index is 1050. The van der Waals surface area contributed by atoms with E-state index in [0.29, 0.717) is 21.8 Å². The van der Waals surface area contributed by atoms with Crippen molar-refractivity contribution >= 4 is 29.0 Å². The van der Waals surface area contributed by atoms with Crippen LogP contribution in [0.2, 0.25) is 5.02 Å². The van der Waals surface area contributed by atoms with Gasteiger partial charge in [-0.3, -0.25) is 14.6 Å². The molecule has 0 aliphatic carbocycles. The minimum absolute atomic E-state index is 0.207. The fourth-order valence-electron chi connectivity index (χ4n) is 3.49. The van der Waals surface area contributed by atoms with E-state index in [4.69, 9.17) is 11.6 Å². The summed E-state index contributed by atoms with van der Waals surface area (Å²) < 4.78 is 0. The normalized spacial score (nSPS) is 18.2. The molecule has 140 valence electrons. The number of hydrogen-bond acceptors (Lipinski definition) is 4. The lowest BCUT2D eigenvalue weighted by Gasteiger charge is -2.23. The van der Waals surface area contributed by atoms with Crippen molar-refractivity contribution in [2.45, 2.75) is 18.6 Å². The number of nitrogens with zero attached hydrogens (tertiary/aromatic N) is 2. The second-order valence-electron chi connectivity index (χ2n) is 6.70. The Balaban J connectivity index is 1.70. The zero-order valence-electron chi connectivity index (χ0n) is 14.9. The third-order valence-electron chi connectivity index (χ3n) is 4.93. The molecule has 6 heteroatoms. The predicted octanol–water partition coefficient (Wildman–Crippen LogP) is 3.74. The van der Waals surface area contributed by atoms with Crippen LogP contribution in [-0.2, 0) is 16.9 Å². The van der Waals surface area contributed by atoms with Crippen LogP contribution in [0.5, 0.6) is 0 Å². The molecule has 2 aromatic carbocycles. The number of para-hydroxylation sites is 1. The third kappa shape index (κ3) is 3.09. The molecule has 1 aliphatic rings. The maximum Gasteiger partial charge on any atom is 0.264 e. The number of anilines is 1. The van der Waals surface area contributed by atoms with Crippen LogP contribution in [0.15, 0.2) is 73.1 Å². The number of rotatable bonds is 5. The lowest BCUT2D eigenvalue weighted by molar-refractivity contribution is -0.136. The highest BCUT2D eigenvalue weighted by Crippen LogP contribution is 2.43. The van der Waals surface area contributed by atoms with Crippen LogP contribution in [0.4, 0.5) is 5.69 Å². The highest BCUT2D eigenvalue weighted by Gasteiger charge is 2.50. The molecule has 2 heterocycles. The zero-order valence-corrected chi connectivity index (χ0v) is 15.6. The van der Waals surface area contributed by atoms with Crippen molar-refractivity contribution in [3.05, 3.63) is 94.8 Å². The number of benzene rings is 2. The second kappa shape index (κ2) is 7.19. The van der Waals surface area contributed by atoms with Crippen LogP contribution in [0.25, 0.3) is 0 Å². The molecule has 1 aromatic heterocycles. The summed E-state index contributed by atoms with van der Waals surface area (Å²) in [4.78, 5) is 31.3. The Labute approximate surface area is 167 Å². The van der Waals surface area contributed by atoms with E-state index in [1.165, 1.54) is 11.1 Å². The molecule has 5 nitrogen and oxygen atoms in total. The molecule has 0 unspecified atom stereocenters. The number of carbonyl (C=O) groups excluding carboxylic acids is 2. The highest BCUT2D eigenvalue weighted by atomic mass is 35.5. The number of pyridine rings is 1. The largest absolute Gasteiger partial charge is 0.375 e. The number of aromatic nitrogens is 1. The smallest absolute Gasteiger partial charge is 0.264 e. The molecule has 3 aromatic rings. The topological polar surface area (TPSA) is 70.5 Å². The monoisotopic (exact) mass is 392 g/mol. The van der Waals surface area contributed by atoms with Crippen molar-refractivity contribution < 1.29 is 14.7 Å². The van der Waals surface area contributed by atoms with Crippen LogP contribution in [0, 0.1) is 0 Å². The molecule has 0 radical (unpaired) electrons. The fraction of sp³-hybridized carbons (Fsp3) is 0.136. The summed E-state index contributed by atoms with van der Waals surface area (Å²) in [6, 6.07) is 17.5. The van der Waals surface area contributed by atoms with E-state index < -0.39 is 11.5 Å². The molecule has 0 fully saturated rings. The summed E-state index contributed by atoms with van der Waals surface area (Å²) in [6.07, 6.45) is 2.64. The van der Waals surface area contributed by atoms with E-state index in [-0.39, 0.29) is 18.7 Å². The lowest BCUT2D eigenvalue weighted by Crippen LogP contribution is -2.41. The van der Waals surface area contributed by atoms with E-state index >= 15 is 0 Å². The van der Waals surface area contributed by atoms with Crippen molar-refractivity contribution in [2.24, 2.45) is 0 Å². The summed E-state index contributed by atoms with van der Waals surface area (Å²) in [7, 11) is 0. The van der Waals surface area contributed by atoms with Crippen molar-refractivity contribution in [1.29, 1.82) is 0 Å². The quantitative estimate of drug-likeness (QED) is 0.671. The maximum absolute atomic E-state index is 13.2. The van der Waals surface area contributed by atoms with Gasteiger partial charge in [-0.1, -0.05) is 48.0 Å². The first-order valence-electron chi connectivity index (χ1n) is 8.81. The predicted molar refractivity (Wildman–Crippen MR) is 106 cm³/mol. The fourth-order valence-corrected chi connectivity index (χ4v) is 3.69. The number of fused-ring (bicyclic) bond motifs is 1. The molecule has 1 N–H and O–H groups in total. The number of ketones is 1. The van der Waals surface area contributed by atoms with Crippen molar-refractivity contribution in [3.8, 4) is 0 Å². The van der Waals surface area contributed by atoms with Crippen LogP contribution in [0.3, 0.4) is 0 Å². The van der Waals surface area contributed by atoms with Gasteiger partial charge in [-0.15, -0.1) is 0 Å². The minimum atomic E-state index is -1.93. The SMILES string of the molecule is O=C(C[C@]1(O)C(=O)N(Cc2ccccc2Cl)c2ccccc21)c1cccnc1. The van der Waals surface area contributed by atoms with Gasteiger partial charge < -0.3 is 10.0 Å². The molecule has 1 aliphatic heterocycles. The van der Waals surface area contributed by atoms with Crippen LogP contribution in [-0.4, -0.2) is 21.8 Å². The highest BCUT2D eigenvalue weighted by molar-refractivity contribution is 6.31. The first-order chi connectivity index (χ1) is 13.5. The van der Waals surface area contributed by atoms with Gasteiger partial charge in [0, 0.05) is 28.5 Å². The zero-order chi connectivity index (χ0) is 19.7. The van der Waals surface area contributed by atoms with Gasteiger partial charge in [0.1, 0.15) is 0 Å². The molecule has 0 saturated heterocycles. The van der Waals surface area contributed by atoms with Crippen molar-refractivity contribution in [2.75, 3.05) is 4.90 Å². The Morgan fingerprint density at radius 1 is 1.07 bits per heavy atom. The van der Waals surface area contributed by atoms with Crippen LogP contribution < -0.4 is 4.90 Å². The summed E-state index contributed by atoms with van der Waals surface area (Å²) in [5.74, 6) is -0.885. The Morgan fingerprint density at radius 2 is 1.82 bits per heavy atom. The molecular weight excluding hydrogens is 376 g/mol. The average molecular weight is 393 g/mol. The van der Waals surface area contributed by atoms with E-state index in [1.54, 1.807) is 48.7 Å². The lowest BCUT2D eigenvalue weighted by atomic mass is 9.88. The number of amides is 1. The van der Waals surface area contributed by atoms with Gasteiger partial charge in [0.15, 0.2) is 11.4 Å². The van der Waals surface area contributed by atoms with Gasteiger partial charge in [-0.25, -0.2) is 0 Å². The van der Waals surface area contributed by atoms with Gasteiger partial charge in [0.05, 0.1) is 18.7 Å². The molecule has 1 atom stereocenters. The van der Waals surface area contributed by atoms with Gasteiger partial charge in [-0.2, -0.15) is 0 Å². The molecule has 28 heavy (non-hydrogen) atoms. The minimum Gasteiger partial charge on any atom is -0.375 e. The Morgan fingerprint density at radius 3 is 2.57 bits per heavy atom. The van der Waals surface area contributed by atoms with Gasteiger partial charge in [0.25, 0.3) is 5.91 Å². The number of carbonyl (C=O) groups is 2. The Hall–Kier alpha value is -3.02. The van der Waals surface area contributed by atoms with E-state index in [2.05, 4.69) is 4.98 Å². The molecule has 1 amide bonds. The van der Waals surface area contributed by atoms with Gasteiger partial charge in [-0.05, 0) is 29.8 Å². The molecule has 0 saturated carbocycles. The number of aliphatic hydroxyl groups is 1. The third-order valence-corrected chi connectivity index (χ3v) is 5.29. The average Bonchev–Trinajstić information content (AvgIpc) is 2.92. The van der Waals surface area contributed by atoms with Crippen molar-refractivity contribution in [3.63, 3.8) is 0 Å². The second-order valence-corrected chi connectivity index (χ2v) is 7.11. The molecular formula is C22H17ClN2O3.